The van der Waals surface area contributed by atoms with Gasteiger partial charge in [0.25, 0.3) is 0 Å². The summed E-state index contributed by atoms with van der Waals surface area (Å²) in [6.45, 7) is 3.80. The van der Waals surface area contributed by atoms with Crippen LogP contribution in [0.2, 0.25) is 0 Å². The molecular formula is C15H21BrN2O2. The third kappa shape index (κ3) is 3.81. The summed E-state index contributed by atoms with van der Waals surface area (Å²) in [5, 5.41) is 0. The molecule has 2 atom stereocenters. The second-order valence-corrected chi connectivity index (χ2v) is 6.01. The van der Waals surface area contributed by atoms with Gasteiger partial charge in [0.2, 0.25) is 5.91 Å². The van der Waals surface area contributed by atoms with E-state index in [0.717, 1.165) is 22.9 Å². The van der Waals surface area contributed by atoms with E-state index in [0.29, 0.717) is 19.7 Å². The fraction of sp³-hybridized carbons (Fsp3) is 0.533. The van der Waals surface area contributed by atoms with E-state index in [9.17, 15) is 4.79 Å². The summed E-state index contributed by atoms with van der Waals surface area (Å²) in [4.78, 5) is 14.1. The van der Waals surface area contributed by atoms with Crippen LogP contribution in [0.5, 0.6) is 0 Å². The van der Waals surface area contributed by atoms with E-state index < -0.39 is 0 Å². The lowest BCUT2D eigenvalue weighted by molar-refractivity contribution is -0.140. The van der Waals surface area contributed by atoms with Crippen molar-refractivity contribution in [2.75, 3.05) is 19.7 Å². The minimum absolute atomic E-state index is 0.0372. The first-order valence-electron chi connectivity index (χ1n) is 7.03. The van der Waals surface area contributed by atoms with Gasteiger partial charge in [-0.15, -0.1) is 0 Å². The Bertz CT molecular complexity index is 467. The highest BCUT2D eigenvalue weighted by molar-refractivity contribution is 9.10. The predicted octanol–water partition coefficient (Wildman–Crippen LogP) is 2.48. The zero-order valence-corrected chi connectivity index (χ0v) is 13.3. The van der Waals surface area contributed by atoms with Gasteiger partial charge in [0.15, 0.2) is 0 Å². The number of rotatable bonds is 4. The summed E-state index contributed by atoms with van der Waals surface area (Å²) in [5.74, 6) is 0.0372. The Morgan fingerprint density at radius 1 is 1.60 bits per heavy atom. The largest absolute Gasteiger partial charge is 0.370 e. The second-order valence-electron chi connectivity index (χ2n) is 5.09. The number of benzene rings is 1. The third-order valence-electron chi connectivity index (χ3n) is 3.52. The van der Waals surface area contributed by atoms with Crippen molar-refractivity contribution in [1.29, 1.82) is 0 Å². The first-order chi connectivity index (χ1) is 9.61. The highest BCUT2D eigenvalue weighted by atomic mass is 79.9. The molecule has 1 aromatic rings. The van der Waals surface area contributed by atoms with Crippen LogP contribution in [0.25, 0.3) is 0 Å². The predicted molar refractivity (Wildman–Crippen MR) is 82.3 cm³/mol. The molecule has 0 saturated carbocycles. The topological polar surface area (TPSA) is 55.6 Å². The lowest BCUT2D eigenvalue weighted by atomic mass is 10.1. The molecule has 5 heteroatoms. The average Bonchev–Trinajstić information content (AvgIpc) is 2.47. The summed E-state index contributed by atoms with van der Waals surface area (Å²) in [5.41, 5.74) is 7.01. The highest BCUT2D eigenvalue weighted by Crippen LogP contribution is 2.25. The van der Waals surface area contributed by atoms with Crippen LogP contribution < -0.4 is 5.73 Å². The number of ether oxygens (including phenoxy) is 1. The van der Waals surface area contributed by atoms with E-state index in [-0.39, 0.29) is 18.1 Å². The molecule has 1 aromatic carbocycles. The minimum Gasteiger partial charge on any atom is -0.370 e. The van der Waals surface area contributed by atoms with Crippen LogP contribution in [-0.2, 0) is 9.53 Å². The van der Waals surface area contributed by atoms with E-state index in [1.54, 1.807) is 0 Å². The summed E-state index contributed by atoms with van der Waals surface area (Å²) >= 11 is 3.46. The first-order valence-corrected chi connectivity index (χ1v) is 7.82. The standard InChI is InChI=1S/C15H21BrN2O2/c1-2-4-13(17)15(19)18-7-8-20-14(10-18)11-5-3-6-12(16)9-11/h3,5-6,9,13-14H,2,4,7-8,10,17H2,1H3. The maximum atomic E-state index is 12.3. The van der Waals surface area contributed by atoms with Crippen LogP contribution >= 0.6 is 15.9 Å². The molecule has 1 heterocycles. The summed E-state index contributed by atoms with van der Waals surface area (Å²) < 4.78 is 6.80. The molecule has 1 fully saturated rings. The molecule has 0 spiro atoms. The number of amides is 1. The number of nitrogens with two attached hydrogens (primary N) is 1. The number of hydrogen-bond acceptors (Lipinski definition) is 3. The average molecular weight is 341 g/mol. The number of carbonyl (C=O) groups is 1. The number of carbonyl (C=O) groups excluding carboxylic acids is 1. The van der Waals surface area contributed by atoms with Crippen LogP contribution in [-0.4, -0.2) is 36.5 Å². The smallest absolute Gasteiger partial charge is 0.239 e. The molecule has 20 heavy (non-hydrogen) atoms. The van der Waals surface area contributed by atoms with Crippen molar-refractivity contribution < 1.29 is 9.53 Å². The van der Waals surface area contributed by atoms with Gasteiger partial charge in [-0.05, 0) is 24.1 Å². The van der Waals surface area contributed by atoms with Crippen molar-refractivity contribution in [1.82, 2.24) is 4.90 Å². The van der Waals surface area contributed by atoms with Crippen molar-refractivity contribution in [3.05, 3.63) is 34.3 Å². The molecule has 110 valence electrons. The maximum absolute atomic E-state index is 12.3. The Labute approximate surface area is 128 Å². The van der Waals surface area contributed by atoms with Crippen LogP contribution in [0, 0.1) is 0 Å². The monoisotopic (exact) mass is 340 g/mol. The molecular weight excluding hydrogens is 320 g/mol. The van der Waals surface area contributed by atoms with Gasteiger partial charge >= 0.3 is 0 Å². The molecule has 1 aliphatic heterocycles. The van der Waals surface area contributed by atoms with Gasteiger partial charge in [0.05, 0.1) is 19.2 Å². The lowest BCUT2D eigenvalue weighted by Crippen LogP contribution is -2.49. The molecule has 0 bridgehead atoms. The molecule has 2 rings (SSSR count). The molecule has 0 radical (unpaired) electrons. The van der Waals surface area contributed by atoms with Gasteiger partial charge in [-0.3, -0.25) is 4.79 Å². The Balaban J connectivity index is 2.03. The molecule has 4 nitrogen and oxygen atoms in total. The van der Waals surface area contributed by atoms with Gasteiger partial charge in [0, 0.05) is 11.0 Å². The van der Waals surface area contributed by atoms with Gasteiger partial charge in [-0.1, -0.05) is 41.4 Å². The molecule has 1 amide bonds. The van der Waals surface area contributed by atoms with E-state index >= 15 is 0 Å². The normalized spacial score (nSPS) is 20.8. The molecule has 2 N–H and O–H groups in total. The van der Waals surface area contributed by atoms with Crippen molar-refractivity contribution in [3.63, 3.8) is 0 Å². The number of hydrogen-bond donors (Lipinski definition) is 1. The number of halogens is 1. The third-order valence-corrected chi connectivity index (χ3v) is 4.01. The van der Waals surface area contributed by atoms with Crippen molar-refractivity contribution in [2.45, 2.75) is 31.9 Å². The van der Waals surface area contributed by atoms with Gasteiger partial charge in [0.1, 0.15) is 6.10 Å². The van der Waals surface area contributed by atoms with Crippen molar-refractivity contribution >= 4 is 21.8 Å². The van der Waals surface area contributed by atoms with Crippen molar-refractivity contribution in [2.24, 2.45) is 5.73 Å². The Morgan fingerprint density at radius 2 is 2.40 bits per heavy atom. The fourth-order valence-electron chi connectivity index (χ4n) is 2.43. The zero-order chi connectivity index (χ0) is 14.5. The van der Waals surface area contributed by atoms with Crippen LogP contribution in [0.4, 0.5) is 0 Å². The minimum atomic E-state index is -0.388. The van der Waals surface area contributed by atoms with Crippen molar-refractivity contribution in [3.8, 4) is 0 Å². The van der Waals surface area contributed by atoms with E-state index in [2.05, 4.69) is 15.9 Å². The van der Waals surface area contributed by atoms with Crippen LogP contribution in [0.15, 0.2) is 28.7 Å². The highest BCUT2D eigenvalue weighted by Gasteiger charge is 2.28. The Morgan fingerprint density at radius 3 is 3.10 bits per heavy atom. The second kappa shape index (κ2) is 7.20. The first kappa shape index (κ1) is 15.5. The summed E-state index contributed by atoms with van der Waals surface area (Å²) in [7, 11) is 0. The van der Waals surface area contributed by atoms with E-state index in [1.807, 2.05) is 36.1 Å². The quantitative estimate of drug-likeness (QED) is 0.915. The van der Waals surface area contributed by atoms with Gasteiger partial charge in [-0.25, -0.2) is 0 Å². The number of nitrogens with zero attached hydrogens (tertiary/aromatic N) is 1. The van der Waals surface area contributed by atoms with Crippen LogP contribution in [0.1, 0.15) is 31.4 Å². The number of morpholine rings is 1. The lowest BCUT2D eigenvalue weighted by Gasteiger charge is -2.34. The molecule has 0 aromatic heterocycles. The van der Waals surface area contributed by atoms with E-state index in [1.165, 1.54) is 0 Å². The Hall–Kier alpha value is -0.910. The molecule has 2 unspecified atom stereocenters. The molecule has 1 aliphatic rings. The van der Waals surface area contributed by atoms with Gasteiger partial charge in [-0.2, -0.15) is 0 Å². The van der Waals surface area contributed by atoms with Crippen LogP contribution in [0.3, 0.4) is 0 Å². The zero-order valence-electron chi connectivity index (χ0n) is 11.7. The van der Waals surface area contributed by atoms with E-state index in [4.69, 9.17) is 10.5 Å². The molecule has 1 saturated heterocycles. The Kier molecular flexibility index (Phi) is 5.57. The molecule has 0 aliphatic carbocycles. The fourth-order valence-corrected chi connectivity index (χ4v) is 2.84. The maximum Gasteiger partial charge on any atom is 0.239 e. The summed E-state index contributed by atoms with van der Waals surface area (Å²) in [6.07, 6.45) is 1.59. The van der Waals surface area contributed by atoms with Gasteiger partial charge < -0.3 is 15.4 Å². The SMILES string of the molecule is CCCC(N)C(=O)N1CCOC(c2cccc(Br)c2)C1. The summed E-state index contributed by atoms with van der Waals surface area (Å²) in [6, 6.07) is 7.62.